The highest BCUT2D eigenvalue weighted by Crippen LogP contribution is 2.59. The van der Waals surface area contributed by atoms with Gasteiger partial charge in [0.05, 0.1) is 0 Å². The maximum atomic E-state index is 2.54. The molecule has 0 saturated carbocycles. The van der Waals surface area contributed by atoms with Crippen molar-refractivity contribution in [3.05, 3.63) is 81.0 Å². The number of rotatable bonds is 0. The van der Waals surface area contributed by atoms with Crippen LogP contribution in [-0.4, -0.2) is 0 Å². The fourth-order valence-corrected chi connectivity index (χ4v) is 5.32. The molecule has 0 radical (unpaired) electrons. The van der Waals surface area contributed by atoms with Gasteiger partial charge in [0.25, 0.3) is 0 Å². The Kier molecular flexibility index (Phi) is 2.27. The molecule has 0 nitrogen and oxygen atoms in total. The maximum absolute atomic E-state index is 2.54. The largest absolute Gasteiger partial charge is 0.0760 e. The van der Waals surface area contributed by atoms with E-state index in [9.17, 15) is 0 Å². The van der Waals surface area contributed by atoms with E-state index in [1.165, 1.54) is 11.1 Å². The van der Waals surface area contributed by atoms with E-state index in [1.807, 2.05) is 0 Å². The van der Waals surface area contributed by atoms with E-state index in [2.05, 4.69) is 64.1 Å². The normalized spacial score (nSPS) is 32.0. The maximum Gasteiger partial charge on any atom is 0.0243 e. The molecular weight excluding hydrogens is 264 g/mol. The van der Waals surface area contributed by atoms with Gasteiger partial charge in [0.1, 0.15) is 0 Å². The lowest BCUT2D eigenvalue weighted by atomic mass is 9.88. The molecule has 4 aliphatic carbocycles. The Morgan fingerprint density at radius 2 is 0.818 bits per heavy atom. The molecule has 0 heteroatoms. The van der Waals surface area contributed by atoms with E-state index in [1.54, 1.807) is 33.4 Å². The average molecular weight is 286 g/mol. The van der Waals surface area contributed by atoms with Gasteiger partial charge in [-0.1, -0.05) is 47.6 Å². The summed E-state index contributed by atoms with van der Waals surface area (Å²) in [7, 11) is 0. The van der Waals surface area contributed by atoms with Crippen molar-refractivity contribution in [2.24, 2.45) is 0 Å². The molecule has 0 aromatic heterocycles. The van der Waals surface area contributed by atoms with Gasteiger partial charge in [-0.2, -0.15) is 0 Å². The molecule has 5 rings (SSSR count). The summed E-state index contributed by atoms with van der Waals surface area (Å²) in [6, 6.07) is 5.08. The van der Waals surface area contributed by atoms with Gasteiger partial charge in [0.2, 0.25) is 0 Å². The average Bonchev–Trinajstić information content (AvgIpc) is 3.21. The lowest BCUT2D eigenvalue weighted by Gasteiger charge is -2.16. The van der Waals surface area contributed by atoms with Crippen LogP contribution in [0.2, 0.25) is 0 Å². The van der Waals surface area contributed by atoms with E-state index in [0.29, 0.717) is 23.7 Å². The smallest absolute Gasteiger partial charge is 0.0243 e. The molecule has 0 N–H and O–H groups in total. The van der Waals surface area contributed by atoms with Crippen molar-refractivity contribution in [2.75, 3.05) is 0 Å². The van der Waals surface area contributed by atoms with Crippen molar-refractivity contribution in [3.8, 4) is 0 Å². The third kappa shape index (κ3) is 1.30. The monoisotopic (exact) mass is 286 g/mol. The van der Waals surface area contributed by atoms with E-state index in [4.69, 9.17) is 0 Å². The van der Waals surface area contributed by atoms with Crippen LogP contribution in [0.4, 0.5) is 0 Å². The summed E-state index contributed by atoms with van der Waals surface area (Å²) in [6.45, 7) is 9.09. The van der Waals surface area contributed by atoms with Gasteiger partial charge < -0.3 is 0 Å². The lowest BCUT2D eigenvalue weighted by Crippen LogP contribution is -2.00. The molecule has 0 heterocycles. The molecule has 0 saturated heterocycles. The standard InChI is InChI=1S/C22H22/c1-11(2)21-13-5-6-14(21)18-10-20-16-8-7-15(22(16)12(3)4)19(20)9-17(13)18/h5-10,13-16H,1-4H3/t13-,14-,15-,16+/m0/s1. The second-order valence-corrected chi connectivity index (χ2v) is 7.70. The molecule has 0 amide bonds. The zero-order valence-electron chi connectivity index (χ0n) is 13.8. The molecule has 110 valence electrons. The first-order chi connectivity index (χ1) is 10.6. The second kappa shape index (κ2) is 3.93. The Morgan fingerprint density at radius 3 is 1.05 bits per heavy atom. The molecule has 1 aromatic carbocycles. The summed E-state index contributed by atoms with van der Waals surface area (Å²) in [4.78, 5) is 0. The number of benzene rings is 1. The predicted molar refractivity (Wildman–Crippen MR) is 92.4 cm³/mol. The molecular formula is C22H22. The van der Waals surface area contributed by atoms with Crippen LogP contribution >= 0.6 is 0 Å². The third-order valence-electron chi connectivity index (χ3n) is 6.12. The number of allylic oxidation sites excluding steroid dienone is 8. The van der Waals surface area contributed by atoms with Gasteiger partial charge in [0, 0.05) is 23.7 Å². The van der Waals surface area contributed by atoms with Crippen molar-refractivity contribution in [3.63, 3.8) is 0 Å². The second-order valence-electron chi connectivity index (χ2n) is 7.70. The molecule has 0 spiro atoms. The van der Waals surface area contributed by atoms with Crippen LogP contribution in [0.3, 0.4) is 0 Å². The van der Waals surface area contributed by atoms with E-state index >= 15 is 0 Å². The van der Waals surface area contributed by atoms with Gasteiger partial charge in [-0.25, -0.2) is 0 Å². The fraction of sp³-hybridized carbons (Fsp3) is 0.364. The molecule has 4 bridgehead atoms. The Bertz CT molecular complexity index is 711. The Labute approximate surface area is 132 Å². The Balaban J connectivity index is 1.73. The van der Waals surface area contributed by atoms with E-state index in [0.717, 1.165) is 0 Å². The minimum absolute atomic E-state index is 0.550. The lowest BCUT2D eigenvalue weighted by molar-refractivity contribution is 0.977. The molecule has 4 atom stereocenters. The van der Waals surface area contributed by atoms with Gasteiger partial charge in [-0.3, -0.25) is 0 Å². The van der Waals surface area contributed by atoms with Crippen LogP contribution in [0, 0.1) is 0 Å². The molecule has 22 heavy (non-hydrogen) atoms. The van der Waals surface area contributed by atoms with Crippen LogP contribution in [0.15, 0.2) is 58.7 Å². The Morgan fingerprint density at radius 1 is 0.545 bits per heavy atom. The topological polar surface area (TPSA) is 0 Å². The van der Waals surface area contributed by atoms with Gasteiger partial charge >= 0.3 is 0 Å². The minimum Gasteiger partial charge on any atom is -0.0760 e. The summed E-state index contributed by atoms with van der Waals surface area (Å²) in [6.07, 6.45) is 9.69. The van der Waals surface area contributed by atoms with Gasteiger partial charge in [-0.15, -0.1) is 0 Å². The number of hydrogen-bond acceptors (Lipinski definition) is 0. The molecule has 0 fully saturated rings. The van der Waals surface area contributed by atoms with Crippen LogP contribution < -0.4 is 0 Å². The summed E-state index contributed by atoms with van der Waals surface area (Å²) < 4.78 is 0. The first kappa shape index (κ1) is 12.7. The summed E-state index contributed by atoms with van der Waals surface area (Å²) in [5.41, 5.74) is 12.6. The van der Waals surface area contributed by atoms with Gasteiger partial charge in [0.15, 0.2) is 0 Å². The predicted octanol–water partition coefficient (Wildman–Crippen LogP) is 5.86. The van der Waals surface area contributed by atoms with Crippen LogP contribution in [0.1, 0.15) is 73.6 Å². The van der Waals surface area contributed by atoms with E-state index in [-0.39, 0.29) is 0 Å². The quantitative estimate of drug-likeness (QED) is 0.524. The van der Waals surface area contributed by atoms with Crippen molar-refractivity contribution >= 4 is 0 Å². The first-order valence-corrected chi connectivity index (χ1v) is 8.46. The first-order valence-electron chi connectivity index (χ1n) is 8.46. The zero-order valence-corrected chi connectivity index (χ0v) is 13.8. The highest BCUT2D eigenvalue weighted by atomic mass is 14.5. The zero-order chi connectivity index (χ0) is 15.2. The van der Waals surface area contributed by atoms with Crippen molar-refractivity contribution in [1.82, 2.24) is 0 Å². The van der Waals surface area contributed by atoms with Gasteiger partial charge in [-0.05, 0) is 61.1 Å². The Hall–Kier alpha value is -1.82. The summed E-state index contributed by atoms with van der Waals surface area (Å²) >= 11 is 0. The minimum atomic E-state index is 0.550. The summed E-state index contributed by atoms with van der Waals surface area (Å²) in [5.74, 6) is 2.20. The highest BCUT2D eigenvalue weighted by molar-refractivity contribution is 5.68. The highest BCUT2D eigenvalue weighted by Gasteiger charge is 2.43. The van der Waals surface area contributed by atoms with Crippen LogP contribution in [0.25, 0.3) is 0 Å². The number of fused-ring (bicyclic) bond motifs is 10. The molecule has 0 unspecified atom stereocenters. The molecule has 1 aromatic rings. The van der Waals surface area contributed by atoms with Crippen LogP contribution in [0.5, 0.6) is 0 Å². The number of hydrogen-bond donors (Lipinski definition) is 0. The van der Waals surface area contributed by atoms with Crippen molar-refractivity contribution in [2.45, 2.75) is 51.4 Å². The fourth-order valence-electron chi connectivity index (χ4n) is 5.32. The molecule has 4 aliphatic rings. The third-order valence-corrected chi connectivity index (χ3v) is 6.12. The summed E-state index contributed by atoms with van der Waals surface area (Å²) in [5, 5.41) is 0. The van der Waals surface area contributed by atoms with Crippen LogP contribution in [-0.2, 0) is 0 Å². The SMILES string of the molecule is CC(C)=C1[C@H]2C=C[C@H]1c1cc3c(cc12)[C@@H]1C=C[C@H]3C1=C(C)C. The van der Waals surface area contributed by atoms with Crippen molar-refractivity contribution in [1.29, 1.82) is 0 Å². The van der Waals surface area contributed by atoms with Crippen molar-refractivity contribution < 1.29 is 0 Å². The molecule has 0 aliphatic heterocycles. The van der Waals surface area contributed by atoms with E-state index < -0.39 is 0 Å².